The molecule has 0 aromatic heterocycles. The summed E-state index contributed by atoms with van der Waals surface area (Å²) in [6, 6.07) is 2.75. The standard InChI is InChI=1S/C10H15O5P/c1-3-7-8(4-2)10(6-5-9(7)11)15-16(12,13)14/h5-6,11H,3-4H2,1-2H3,(H2,12,13,14). The summed E-state index contributed by atoms with van der Waals surface area (Å²) < 4.78 is 15.3. The number of aromatic hydroxyl groups is 1. The third-order valence-corrected chi connectivity index (χ3v) is 2.72. The van der Waals surface area contributed by atoms with Gasteiger partial charge in [-0.2, -0.15) is 0 Å². The SMILES string of the molecule is CCc1c(O)ccc(OP(=O)(O)O)c1CC. The predicted molar refractivity (Wildman–Crippen MR) is 59.5 cm³/mol. The van der Waals surface area contributed by atoms with Crippen molar-refractivity contribution in [3.63, 3.8) is 0 Å². The quantitative estimate of drug-likeness (QED) is 0.707. The molecule has 1 rings (SSSR count). The molecular formula is C10H15O5P. The normalized spacial score (nSPS) is 11.5. The Morgan fingerprint density at radius 2 is 1.75 bits per heavy atom. The summed E-state index contributed by atoms with van der Waals surface area (Å²) in [5.41, 5.74) is 1.29. The van der Waals surface area contributed by atoms with Crippen LogP contribution in [0.5, 0.6) is 11.5 Å². The number of hydrogen-bond acceptors (Lipinski definition) is 3. The molecule has 0 fully saturated rings. The fourth-order valence-corrected chi connectivity index (χ4v) is 2.08. The van der Waals surface area contributed by atoms with Gasteiger partial charge in [0, 0.05) is 11.1 Å². The molecule has 0 aliphatic carbocycles. The second-order valence-corrected chi connectivity index (χ2v) is 4.49. The lowest BCUT2D eigenvalue weighted by molar-refractivity contribution is 0.282. The van der Waals surface area contributed by atoms with E-state index in [-0.39, 0.29) is 11.5 Å². The minimum absolute atomic E-state index is 0.123. The van der Waals surface area contributed by atoms with Gasteiger partial charge in [-0.25, -0.2) is 4.57 Å². The second kappa shape index (κ2) is 4.87. The maximum Gasteiger partial charge on any atom is 0.524 e. The molecule has 3 N–H and O–H groups in total. The lowest BCUT2D eigenvalue weighted by atomic mass is 10.0. The van der Waals surface area contributed by atoms with E-state index in [4.69, 9.17) is 9.79 Å². The Labute approximate surface area is 93.9 Å². The Kier molecular flexibility index (Phi) is 3.97. The smallest absolute Gasteiger partial charge is 0.508 e. The van der Waals surface area contributed by atoms with E-state index in [0.29, 0.717) is 24.0 Å². The second-order valence-electron chi connectivity index (χ2n) is 3.33. The van der Waals surface area contributed by atoms with E-state index >= 15 is 0 Å². The number of phosphoric ester groups is 1. The summed E-state index contributed by atoms with van der Waals surface area (Å²) in [6.45, 7) is 3.69. The Balaban J connectivity index is 3.25. The van der Waals surface area contributed by atoms with Crippen molar-refractivity contribution in [2.45, 2.75) is 26.7 Å². The summed E-state index contributed by atoms with van der Waals surface area (Å²) >= 11 is 0. The molecule has 90 valence electrons. The molecule has 0 amide bonds. The van der Waals surface area contributed by atoms with Gasteiger partial charge in [0.2, 0.25) is 0 Å². The summed E-state index contributed by atoms with van der Waals surface area (Å²) in [4.78, 5) is 17.5. The highest BCUT2D eigenvalue weighted by molar-refractivity contribution is 7.46. The van der Waals surface area contributed by atoms with Crippen LogP contribution in [-0.4, -0.2) is 14.9 Å². The molecule has 0 saturated heterocycles. The lowest BCUT2D eigenvalue weighted by Gasteiger charge is -2.15. The Hall–Kier alpha value is -1.03. The molecule has 0 saturated carbocycles. The maximum atomic E-state index is 10.8. The van der Waals surface area contributed by atoms with E-state index in [0.717, 1.165) is 0 Å². The Morgan fingerprint density at radius 1 is 1.19 bits per heavy atom. The maximum absolute atomic E-state index is 10.8. The molecule has 0 bridgehead atoms. The largest absolute Gasteiger partial charge is 0.524 e. The molecule has 0 heterocycles. The third-order valence-electron chi connectivity index (χ3n) is 2.29. The first-order valence-electron chi connectivity index (χ1n) is 4.97. The van der Waals surface area contributed by atoms with Crippen LogP contribution in [0.3, 0.4) is 0 Å². The summed E-state index contributed by atoms with van der Waals surface area (Å²) in [5, 5.41) is 9.60. The van der Waals surface area contributed by atoms with Gasteiger partial charge in [-0.1, -0.05) is 13.8 Å². The predicted octanol–water partition coefficient (Wildman–Crippen LogP) is 1.99. The molecule has 0 unspecified atom stereocenters. The van der Waals surface area contributed by atoms with Crippen LogP contribution >= 0.6 is 7.82 Å². The molecule has 0 aliphatic rings. The van der Waals surface area contributed by atoms with Crippen LogP contribution in [0, 0.1) is 0 Å². The van der Waals surface area contributed by atoms with Crippen molar-refractivity contribution in [1.29, 1.82) is 0 Å². The van der Waals surface area contributed by atoms with Gasteiger partial charge in [0.15, 0.2) is 0 Å². The minimum Gasteiger partial charge on any atom is -0.508 e. The number of phenolic OH excluding ortho intramolecular Hbond substituents is 1. The van der Waals surface area contributed by atoms with E-state index in [1.165, 1.54) is 12.1 Å². The van der Waals surface area contributed by atoms with E-state index in [2.05, 4.69) is 4.52 Å². The average Bonchev–Trinajstić information content (AvgIpc) is 2.18. The first-order chi connectivity index (χ1) is 7.39. The lowest BCUT2D eigenvalue weighted by Crippen LogP contribution is -1.98. The number of phenols is 1. The van der Waals surface area contributed by atoms with E-state index < -0.39 is 7.82 Å². The monoisotopic (exact) mass is 246 g/mol. The Morgan fingerprint density at radius 3 is 2.19 bits per heavy atom. The van der Waals surface area contributed by atoms with Gasteiger partial charge < -0.3 is 9.63 Å². The molecule has 0 radical (unpaired) electrons. The molecule has 0 atom stereocenters. The van der Waals surface area contributed by atoms with Gasteiger partial charge in [0.05, 0.1) is 0 Å². The fraction of sp³-hybridized carbons (Fsp3) is 0.400. The first kappa shape index (κ1) is 13.0. The summed E-state index contributed by atoms with van der Waals surface area (Å²) in [5.74, 6) is 0.253. The number of phosphoric acid groups is 1. The average molecular weight is 246 g/mol. The molecule has 1 aromatic rings. The molecule has 1 aromatic carbocycles. The van der Waals surface area contributed by atoms with E-state index in [1.54, 1.807) is 0 Å². The van der Waals surface area contributed by atoms with Crippen LogP contribution in [0.1, 0.15) is 25.0 Å². The minimum atomic E-state index is -4.55. The van der Waals surface area contributed by atoms with E-state index in [1.807, 2.05) is 13.8 Å². The van der Waals surface area contributed by atoms with Crippen LogP contribution in [-0.2, 0) is 17.4 Å². The number of hydrogen-bond donors (Lipinski definition) is 3. The number of benzene rings is 1. The van der Waals surface area contributed by atoms with Crippen LogP contribution in [0.15, 0.2) is 12.1 Å². The Bertz CT molecular complexity index is 423. The van der Waals surface area contributed by atoms with Crippen molar-refractivity contribution in [1.82, 2.24) is 0 Å². The van der Waals surface area contributed by atoms with Crippen molar-refractivity contribution < 1.29 is 24.0 Å². The van der Waals surface area contributed by atoms with Gasteiger partial charge >= 0.3 is 7.82 Å². The van der Waals surface area contributed by atoms with E-state index in [9.17, 15) is 9.67 Å². The van der Waals surface area contributed by atoms with Gasteiger partial charge in [0.1, 0.15) is 11.5 Å². The topological polar surface area (TPSA) is 87.0 Å². The zero-order valence-electron chi connectivity index (χ0n) is 9.17. The highest BCUT2D eigenvalue weighted by Gasteiger charge is 2.20. The van der Waals surface area contributed by atoms with Gasteiger partial charge in [-0.15, -0.1) is 0 Å². The highest BCUT2D eigenvalue weighted by Crippen LogP contribution is 2.41. The van der Waals surface area contributed by atoms with Gasteiger partial charge in [-0.3, -0.25) is 9.79 Å². The van der Waals surface area contributed by atoms with Crippen LogP contribution < -0.4 is 4.52 Å². The van der Waals surface area contributed by atoms with Crippen LogP contribution in [0.4, 0.5) is 0 Å². The van der Waals surface area contributed by atoms with Gasteiger partial charge in [0.25, 0.3) is 0 Å². The highest BCUT2D eigenvalue weighted by atomic mass is 31.2. The van der Waals surface area contributed by atoms with Crippen molar-refractivity contribution in [2.75, 3.05) is 0 Å². The molecule has 0 spiro atoms. The first-order valence-corrected chi connectivity index (χ1v) is 6.51. The molecule has 0 aliphatic heterocycles. The summed E-state index contributed by atoms with van der Waals surface area (Å²) in [6.07, 6.45) is 1.11. The van der Waals surface area contributed by atoms with Crippen LogP contribution in [0.25, 0.3) is 0 Å². The van der Waals surface area contributed by atoms with Crippen molar-refractivity contribution in [3.05, 3.63) is 23.3 Å². The molecule has 16 heavy (non-hydrogen) atoms. The molecular weight excluding hydrogens is 231 g/mol. The van der Waals surface area contributed by atoms with Gasteiger partial charge in [-0.05, 0) is 25.0 Å². The zero-order chi connectivity index (χ0) is 12.3. The van der Waals surface area contributed by atoms with Crippen molar-refractivity contribution >= 4 is 7.82 Å². The van der Waals surface area contributed by atoms with Crippen molar-refractivity contribution in [3.8, 4) is 11.5 Å². The third kappa shape index (κ3) is 2.98. The number of rotatable bonds is 4. The fourth-order valence-electron chi connectivity index (χ4n) is 1.65. The van der Waals surface area contributed by atoms with Crippen molar-refractivity contribution in [2.24, 2.45) is 0 Å². The molecule has 5 nitrogen and oxygen atoms in total. The molecule has 6 heteroatoms. The van der Waals surface area contributed by atoms with Crippen LogP contribution in [0.2, 0.25) is 0 Å². The zero-order valence-corrected chi connectivity index (χ0v) is 10.1. The summed E-state index contributed by atoms with van der Waals surface area (Å²) in [7, 11) is -4.55.